The van der Waals surface area contributed by atoms with Crippen LogP contribution in [0.25, 0.3) is 0 Å². The van der Waals surface area contributed by atoms with Gasteiger partial charge in [0.25, 0.3) is 0 Å². The van der Waals surface area contributed by atoms with Gasteiger partial charge in [0, 0.05) is 5.69 Å². The third kappa shape index (κ3) is 3.83. The summed E-state index contributed by atoms with van der Waals surface area (Å²) < 4.78 is 74.1. The summed E-state index contributed by atoms with van der Waals surface area (Å²) in [6, 6.07) is 3.72. The van der Waals surface area contributed by atoms with Gasteiger partial charge in [-0.1, -0.05) is 13.0 Å². The molecule has 0 heterocycles. The summed E-state index contributed by atoms with van der Waals surface area (Å²) in [7, 11) is -4.32. The number of aryl methyl sites for hydroxylation is 1. The molecule has 0 atom stereocenters. The molecular weight excluding hydrogens is 300 g/mol. The Hall–Kier alpha value is -1.35. The fourth-order valence-corrected chi connectivity index (χ4v) is 2.49. The Kier molecular flexibility index (Phi) is 4.98. The number of anilines is 1. The van der Waals surface area contributed by atoms with E-state index in [1.807, 2.05) is 0 Å². The molecular formula is C11H14F4N2O2S. The maximum absolute atomic E-state index is 12.7. The van der Waals surface area contributed by atoms with Crippen molar-refractivity contribution >= 4 is 15.7 Å². The SMILES string of the molecule is CCc1ccc(S(=O)(=O)NCC(F)(F)C(F)F)cc1N. The maximum atomic E-state index is 12.7. The number of hydrogen-bond donors (Lipinski definition) is 2. The molecule has 0 saturated heterocycles. The van der Waals surface area contributed by atoms with Crippen LogP contribution in [0.1, 0.15) is 12.5 Å². The van der Waals surface area contributed by atoms with Gasteiger partial charge in [-0.05, 0) is 24.1 Å². The van der Waals surface area contributed by atoms with Crippen LogP contribution in [0, 0.1) is 0 Å². The fraction of sp³-hybridized carbons (Fsp3) is 0.455. The first-order chi connectivity index (χ1) is 9.10. The van der Waals surface area contributed by atoms with E-state index < -0.39 is 28.9 Å². The quantitative estimate of drug-likeness (QED) is 0.623. The van der Waals surface area contributed by atoms with Crippen molar-refractivity contribution in [2.75, 3.05) is 12.3 Å². The number of rotatable bonds is 6. The van der Waals surface area contributed by atoms with Crippen molar-refractivity contribution in [1.29, 1.82) is 0 Å². The molecule has 0 bridgehead atoms. The predicted molar refractivity (Wildman–Crippen MR) is 66.4 cm³/mol. The van der Waals surface area contributed by atoms with E-state index in [9.17, 15) is 26.0 Å². The van der Waals surface area contributed by atoms with Crippen molar-refractivity contribution in [3.05, 3.63) is 23.8 Å². The van der Waals surface area contributed by atoms with E-state index in [1.165, 1.54) is 16.9 Å². The van der Waals surface area contributed by atoms with Crippen molar-refractivity contribution in [3.8, 4) is 0 Å². The van der Waals surface area contributed by atoms with Crippen LogP contribution in [-0.2, 0) is 16.4 Å². The topological polar surface area (TPSA) is 72.2 Å². The molecule has 3 N–H and O–H groups in total. The average Bonchev–Trinajstić information content (AvgIpc) is 2.36. The van der Waals surface area contributed by atoms with Crippen LogP contribution in [0.5, 0.6) is 0 Å². The van der Waals surface area contributed by atoms with Crippen molar-refractivity contribution in [2.24, 2.45) is 0 Å². The van der Waals surface area contributed by atoms with Crippen LogP contribution in [0.3, 0.4) is 0 Å². The Morgan fingerprint density at radius 1 is 1.35 bits per heavy atom. The number of nitrogens with one attached hydrogen (secondary N) is 1. The van der Waals surface area contributed by atoms with Gasteiger partial charge in [0.05, 0.1) is 11.4 Å². The first kappa shape index (κ1) is 16.7. The van der Waals surface area contributed by atoms with Crippen molar-refractivity contribution in [1.82, 2.24) is 4.72 Å². The Labute approximate surface area is 114 Å². The third-order valence-corrected chi connectivity index (χ3v) is 4.02. The summed E-state index contributed by atoms with van der Waals surface area (Å²) in [6.45, 7) is 0.129. The maximum Gasteiger partial charge on any atom is 0.320 e. The molecule has 20 heavy (non-hydrogen) atoms. The highest BCUT2D eigenvalue weighted by atomic mass is 32.2. The number of nitrogens with two attached hydrogens (primary N) is 1. The standard InChI is InChI=1S/C11H14F4N2O2S/c1-2-7-3-4-8(5-9(7)16)20(18,19)17-6-11(14,15)10(12)13/h3-5,10,17H,2,6,16H2,1H3. The highest BCUT2D eigenvalue weighted by Gasteiger charge is 2.41. The number of halogens is 4. The molecule has 1 aromatic carbocycles. The van der Waals surface area contributed by atoms with E-state index in [0.29, 0.717) is 12.0 Å². The van der Waals surface area contributed by atoms with E-state index in [-0.39, 0.29) is 10.6 Å². The minimum atomic E-state index is -4.43. The van der Waals surface area contributed by atoms with Crippen molar-refractivity contribution < 1.29 is 26.0 Å². The lowest BCUT2D eigenvalue weighted by atomic mass is 10.1. The van der Waals surface area contributed by atoms with E-state index in [0.717, 1.165) is 6.07 Å². The molecule has 114 valence electrons. The summed E-state index contributed by atoms with van der Waals surface area (Å²) >= 11 is 0. The van der Waals surface area contributed by atoms with Gasteiger partial charge in [-0.25, -0.2) is 21.9 Å². The second-order valence-corrected chi connectivity index (χ2v) is 5.87. The molecule has 0 amide bonds. The van der Waals surface area contributed by atoms with E-state index in [1.54, 1.807) is 6.92 Å². The van der Waals surface area contributed by atoms with Crippen molar-refractivity contribution in [2.45, 2.75) is 30.6 Å². The van der Waals surface area contributed by atoms with Crippen LogP contribution in [-0.4, -0.2) is 27.3 Å². The Balaban J connectivity index is 2.92. The average molecular weight is 314 g/mol. The van der Waals surface area contributed by atoms with Gasteiger partial charge >= 0.3 is 12.3 Å². The lowest BCUT2D eigenvalue weighted by molar-refractivity contribution is -0.122. The molecule has 0 unspecified atom stereocenters. The van der Waals surface area contributed by atoms with Crippen molar-refractivity contribution in [3.63, 3.8) is 0 Å². The van der Waals surface area contributed by atoms with Gasteiger partial charge in [0.15, 0.2) is 0 Å². The summed E-state index contributed by atoms with van der Waals surface area (Å²) in [5.74, 6) is -4.43. The number of alkyl halides is 4. The summed E-state index contributed by atoms with van der Waals surface area (Å²) in [4.78, 5) is -0.350. The summed E-state index contributed by atoms with van der Waals surface area (Å²) in [5.41, 5.74) is 6.49. The number of nitrogen functional groups attached to an aromatic ring is 1. The largest absolute Gasteiger partial charge is 0.398 e. The lowest BCUT2D eigenvalue weighted by Crippen LogP contribution is -2.41. The lowest BCUT2D eigenvalue weighted by Gasteiger charge is -2.16. The smallest absolute Gasteiger partial charge is 0.320 e. The van der Waals surface area contributed by atoms with Crippen LogP contribution in [0.15, 0.2) is 23.1 Å². The molecule has 1 rings (SSSR count). The summed E-state index contributed by atoms with van der Waals surface area (Å²) in [6.07, 6.45) is -3.37. The van der Waals surface area contributed by atoms with Crippen LogP contribution < -0.4 is 10.5 Å². The minimum absolute atomic E-state index is 0.191. The fourth-order valence-electron chi connectivity index (χ4n) is 1.41. The zero-order chi connectivity index (χ0) is 15.6. The number of sulfonamides is 1. The number of benzene rings is 1. The molecule has 0 aromatic heterocycles. The Bertz CT molecular complexity index is 576. The zero-order valence-corrected chi connectivity index (χ0v) is 11.4. The van der Waals surface area contributed by atoms with Gasteiger partial charge in [-0.2, -0.15) is 8.78 Å². The second-order valence-electron chi connectivity index (χ2n) is 4.10. The first-order valence-corrected chi connectivity index (χ1v) is 7.12. The molecule has 4 nitrogen and oxygen atoms in total. The molecule has 1 aromatic rings. The summed E-state index contributed by atoms with van der Waals surface area (Å²) in [5, 5.41) is 0. The highest BCUT2D eigenvalue weighted by molar-refractivity contribution is 7.89. The van der Waals surface area contributed by atoms with E-state index in [2.05, 4.69) is 0 Å². The van der Waals surface area contributed by atoms with Gasteiger partial charge in [-0.3, -0.25) is 0 Å². The van der Waals surface area contributed by atoms with Crippen LogP contribution in [0.2, 0.25) is 0 Å². The van der Waals surface area contributed by atoms with E-state index in [4.69, 9.17) is 5.73 Å². The second kappa shape index (κ2) is 5.96. The Morgan fingerprint density at radius 2 is 1.95 bits per heavy atom. The molecule has 0 spiro atoms. The Morgan fingerprint density at radius 3 is 2.40 bits per heavy atom. The van der Waals surface area contributed by atoms with Crippen LogP contribution in [0.4, 0.5) is 23.2 Å². The van der Waals surface area contributed by atoms with Gasteiger partial charge in [0.1, 0.15) is 0 Å². The molecule has 0 aliphatic heterocycles. The molecule has 9 heteroatoms. The highest BCUT2D eigenvalue weighted by Crippen LogP contribution is 2.23. The van der Waals surface area contributed by atoms with Gasteiger partial charge in [0.2, 0.25) is 10.0 Å². The number of hydrogen-bond acceptors (Lipinski definition) is 3. The predicted octanol–water partition coefficient (Wildman–Crippen LogP) is 2.01. The molecule has 0 radical (unpaired) electrons. The zero-order valence-electron chi connectivity index (χ0n) is 10.5. The molecule has 0 aliphatic rings. The molecule has 0 saturated carbocycles. The van der Waals surface area contributed by atoms with E-state index >= 15 is 0 Å². The first-order valence-electron chi connectivity index (χ1n) is 5.64. The van der Waals surface area contributed by atoms with Crippen LogP contribution >= 0.6 is 0 Å². The molecule has 0 aliphatic carbocycles. The van der Waals surface area contributed by atoms with Gasteiger partial charge in [-0.15, -0.1) is 0 Å². The molecule has 0 fully saturated rings. The third-order valence-electron chi connectivity index (χ3n) is 2.63. The normalized spacial score (nSPS) is 12.9. The minimum Gasteiger partial charge on any atom is -0.398 e. The monoisotopic (exact) mass is 314 g/mol. The van der Waals surface area contributed by atoms with Gasteiger partial charge < -0.3 is 5.73 Å².